The SMILES string of the molecule is COc1cc2c(cc1O)OC1C2COC2C(=O)c3ccccc3C(=O)C21. The molecule has 0 spiro atoms. The molecule has 132 valence electrons. The molecule has 2 aliphatic heterocycles. The smallest absolute Gasteiger partial charge is 0.193 e. The molecule has 0 bridgehead atoms. The number of Topliss-reactive ketones (excluding diaryl/α,β-unsaturated/α-hetero) is 2. The Morgan fingerprint density at radius 3 is 2.58 bits per heavy atom. The number of hydrogen-bond acceptors (Lipinski definition) is 6. The van der Waals surface area contributed by atoms with Crippen molar-refractivity contribution in [2.45, 2.75) is 18.1 Å². The van der Waals surface area contributed by atoms with Crippen molar-refractivity contribution in [1.82, 2.24) is 0 Å². The van der Waals surface area contributed by atoms with E-state index in [-0.39, 0.29) is 29.8 Å². The third kappa shape index (κ3) is 1.90. The summed E-state index contributed by atoms with van der Waals surface area (Å²) in [6, 6.07) is 10.0. The molecule has 26 heavy (non-hydrogen) atoms. The van der Waals surface area contributed by atoms with Crippen LogP contribution in [0.2, 0.25) is 0 Å². The number of fused-ring (bicyclic) bond motifs is 6. The van der Waals surface area contributed by atoms with Gasteiger partial charge in [0, 0.05) is 28.7 Å². The van der Waals surface area contributed by atoms with Gasteiger partial charge in [0.25, 0.3) is 0 Å². The fourth-order valence-electron chi connectivity index (χ4n) is 4.29. The Kier molecular flexibility index (Phi) is 3.15. The molecule has 0 saturated carbocycles. The van der Waals surface area contributed by atoms with Gasteiger partial charge in [-0.1, -0.05) is 24.3 Å². The Morgan fingerprint density at radius 1 is 1.12 bits per heavy atom. The predicted octanol–water partition coefficient (Wildman–Crippen LogP) is 2.34. The summed E-state index contributed by atoms with van der Waals surface area (Å²) >= 11 is 0. The fraction of sp³-hybridized carbons (Fsp3) is 0.300. The lowest BCUT2D eigenvalue weighted by Crippen LogP contribution is -2.54. The van der Waals surface area contributed by atoms with E-state index >= 15 is 0 Å². The lowest BCUT2D eigenvalue weighted by atomic mass is 9.72. The number of phenols is 1. The van der Waals surface area contributed by atoms with Crippen LogP contribution in [-0.4, -0.2) is 42.6 Å². The molecule has 6 nitrogen and oxygen atoms in total. The van der Waals surface area contributed by atoms with E-state index in [0.29, 0.717) is 22.6 Å². The first-order valence-corrected chi connectivity index (χ1v) is 8.46. The van der Waals surface area contributed by atoms with Gasteiger partial charge in [0.2, 0.25) is 0 Å². The van der Waals surface area contributed by atoms with Crippen molar-refractivity contribution < 1.29 is 28.9 Å². The Bertz CT molecular complexity index is 949. The first kappa shape index (κ1) is 15.4. The van der Waals surface area contributed by atoms with Gasteiger partial charge in [0.05, 0.1) is 19.6 Å². The quantitative estimate of drug-likeness (QED) is 0.848. The number of ketones is 2. The van der Waals surface area contributed by atoms with E-state index in [9.17, 15) is 14.7 Å². The van der Waals surface area contributed by atoms with Gasteiger partial charge >= 0.3 is 0 Å². The van der Waals surface area contributed by atoms with Crippen LogP contribution in [0.15, 0.2) is 36.4 Å². The molecular formula is C20H16O6. The first-order chi connectivity index (χ1) is 12.6. The van der Waals surface area contributed by atoms with Crippen molar-refractivity contribution in [3.05, 3.63) is 53.1 Å². The van der Waals surface area contributed by atoms with E-state index in [0.717, 1.165) is 5.56 Å². The molecular weight excluding hydrogens is 336 g/mol. The lowest BCUT2D eigenvalue weighted by Gasteiger charge is -2.40. The van der Waals surface area contributed by atoms with Crippen LogP contribution >= 0.6 is 0 Å². The van der Waals surface area contributed by atoms with E-state index in [1.165, 1.54) is 13.2 Å². The number of methoxy groups -OCH3 is 1. The standard InChI is InChI=1S/C20H16O6/c1-24-15-6-11-12-8-25-20-16(19(12)26-14(11)7-13(15)21)17(22)9-4-2-3-5-10(9)18(20)23/h2-7,12,16,19-21H,8H2,1H3. The monoisotopic (exact) mass is 352 g/mol. The van der Waals surface area contributed by atoms with Gasteiger partial charge < -0.3 is 19.3 Å². The number of aromatic hydroxyl groups is 1. The third-order valence-corrected chi connectivity index (χ3v) is 5.52. The molecule has 6 heteroatoms. The topological polar surface area (TPSA) is 82.1 Å². The molecule has 4 atom stereocenters. The van der Waals surface area contributed by atoms with Crippen molar-refractivity contribution in [1.29, 1.82) is 0 Å². The van der Waals surface area contributed by atoms with Gasteiger partial charge in [0.15, 0.2) is 23.1 Å². The summed E-state index contributed by atoms with van der Waals surface area (Å²) in [7, 11) is 1.47. The minimum atomic E-state index is -0.830. The van der Waals surface area contributed by atoms with Crippen LogP contribution in [0.25, 0.3) is 0 Å². The van der Waals surface area contributed by atoms with Gasteiger partial charge in [-0.05, 0) is 6.07 Å². The second kappa shape index (κ2) is 5.32. The lowest BCUT2D eigenvalue weighted by molar-refractivity contribution is -0.0593. The Balaban J connectivity index is 1.59. The van der Waals surface area contributed by atoms with Crippen LogP contribution in [0.4, 0.5) is 0 Å². The maximum Gasteiger partial charge on any atom is 0.193 e. The molecule has 1 saturated heterocycles. The number of phenolic OH excluding ortho intramolecular Hbond substituents is 1. The number of ether oxygens (including phenoxy) is 3. The van der Waals surface area contributed by atoms with Crippen LogP contribution in [0, 0.1) is 5.92 Å². The van der Waals surface area contributed by atoms with Crippen molar-refractivity contribution in [3.8, 4) is 17.2 Å². The normalized spacial score (nSPS) is 28.5. The summed E-state index contributed by atoms with van der Waals surface area (Å²) in [5.41, 5.74) is 1.65. The highest BCUT2D eigenvalue weighted by Crippen LogP contribution is 2.50. The maximum atomic E-state index is 13.1. The zero-order chi connectivity index (χ0) is 18.0. The first-order valence-electron chi connectivity index (χ1n) is 8.46. The average Bonchev–Trinajstić information content (AvgIpc) is 3.02. The third-order valence-electron chi connectivity index (χ3n) is 5.52. The van der Waals surface area contributed by atoms with Gasteiger partial charge in [-0.25, -0.2) is 0 Å². The Labute approximate surface area is 149 Å². The van der Waals surface area contributed by atoms with Crippen molar-refractivity contribution in [2.75, 3.05) is 13.7 Å². The van der Waals surface area contributed by atoms with Crippen molar-refractivity contribution in [2.24, 2.45) is 5.92 Å². The zero-order valence-corrected chi connectivity index (χ0v) is 14.0. The van der Waals surface area contributed by atoms with E-state index in [1.807, 2.05) is 0 Å². The van der Waals surface area contributed by atoms with E-state index in [1.54, 1.807) is 30.3 Å². The molecule has 3 aliphatic rings. The van der Waals surface area contributed by atoms with Gasteiger partial charge in [0.1, 0.15) is 18.0 Å². The van der Waals surface area contributed by atoms with Crippen LogP contribution < -0.4 is 9.47 Å². The summed E-state index contributed by atoms with van der Waals surface area (Å²) < 4.78 is 17.0. The summed E-state index contributed by atoms with van der Waals surface area (Å²) in [4.78, 5) is 25.9. The second-order valence-electron chi connectivity index (χ2n) is 6.80. The summed E-state index contributed by atoms with van der Waals surface area (Å²) in [6.45, 7) is 0.272. The van der Waals surface area contributed by atoms with E-state index in [2.05, 4.69) is 0 Å². The molecule has 5 rings (SSSR count). The number of benzene rings is 2. The molecule has 0 amide bonds. The fourth-order valence-corrected chi connectivity index (χ4v) is 4.29. The van der Waals surface area contributed by atoms with Crippen molar-refractivity contribution >= 4 is 11.6 Å². The minimum Gasteiger partial charge on any atom is -0.504 e. The molecule has 2 heterocycles. The highest BCUT2D eigenvalue weighted by atomic mass is 16.5. The second-order valence-corrected chi connectivity index (χ2v) is 6.80. The van der Waals surface area contributed by atoms with Crippen molar-refractivity contribution in [3.63, 3.8) is 0 Å². The van der Waals surface area contributed by atoms with Gasteiger partial charge in [-0.2, -0.15) is 0 Å². The molecule has 2 aromatic rings. The van der Waals surface area contributed by atoms with Crippen LogP contribution in [-0.2, 0) is 4.74 Å². The molecule has 0 aromatic heterocycles. The predicted molar refractivity (Wildman–Crippen MR) is 90.1 cm³/mol. The highest BCUT2D eigenvalue weighted by molar-refractivity contribution is 6.17. The van der Waals surface area contributed by atoms with E-state index < -0.39 is 18.1 Å². The van der Waals surface area contributed by atoms with Gasteiger partial charge in [-0.3, -0.25) is 9.59 Å². The number of rotatable bonds is 1. The number of carbonyl (C=O) groups is 2. The summed E-state index contributed by atoms with van der Waals surface area (Å²) in [5.74, 6) is -0.390. The number of carbonyl (C=O) groups excluding carboxylic acids is 2. The number of hydrogen-bond donors (Lipinski definition) is 1. The molecule has 1 aliphatic carbocycles. The Morgan fingerprint density at radius 2 is 1.85 bits per heavy atom. The average molecular weight is 352 g/mol. The van der Waals surface area contributed by atoms with Crippen LogP contribution in [0.3, 0.4) is 0 Å². The maximum absolute atomic E-state index is 13.1. The molecule has 0 radical (unpaired) electrons. The Hall–Kier alpha value is -2.86. The largest absolute Gasteiger partial charge is 0.504 e. The molecule has 1 N–H and O–H groups in total. The molecule has 1 fully saturated rings. The minimum absolute atomic E-state index is 0.0289. The molecule has 2 aromatic carbocycles. The van der Waals surface area contributed by atoms with Crippen LogP contribution in [0.5, 0.6) is 17.2 Å². The summed E-state index contributed by atoms with van der Waals surface area (Å²) in [6.07, 6.45) is -1.33. The molecule has 4 unspecified atom stereocenters. The van der Waals surface area contributed by atoms with E-state index in [4.69, 9.17) is 14.2 Å². The zero-order valence-electron chi connectivity index (χ0n) is 14.0. The highest BCUT2D eigenvalue weighted by Gasteiger charge is 2.55. The van der Waals surface area contributed by atoms with Gasteiger partial charge in [-0.15, -0.1) is 0 Å². The summed E-state index contributed by atoms with van der Waals surface area (Å²) in [5, 5.41) is 10.0. The van der Waals surface area contributed by atoms with Crippen LogP contribution in [0.1, 0.15) is 32.2 Å².